The van der Waals surface area contributed by atoms with Crippen LogP contribution in [0.25, 0.3) is 0 Å². The summed E-state index contributed by atoms with van der Waals surface area (Å²) in [6.45, 7) is 7.47. The topological polar surface area (TPSA) is 12.0 Å². The Kier molecular flexibility index (Phi) is 3.97. The fraction of sp³-hybridized carbons (Fsp3) is 0.333. The second-order valence-corrected chi connectivity index (χ2v) is 5.37. The zero-order valence-electron chi connectivity index (χ0n) is 10.7. The van der Waals surface area contributed by atoms with Gasteiger partial charge in [-0.15, -0.1) is 0 Å². The summed E-state index contributed by atoms with van der Waals surface area (Å²) in [5, 5.41) is 7.92. The smallest absolute Gasteiger partial charge is 0.0303 e. The Hall–Kier alpha value is -1.12. The number of aryl methyl sites for hydroxylation is 2. The van der Waals surface area contributed by atoms with Crippen LogP contribution in [0, 0.1) is 13.8 Å². The van der Waals surface area contributed by atoms with Gasteiger partial charge in [0.15, 0.2) is 0 Å². The molecule has 1 atom stereocenters. The summed E-state index contributed by atoms with van der Waals surface area (Å²) in [5.41, 5.74) is 5.46. The van der Waals surface area contributed by atoms with Crippen LogP contribution in [0.3, 0.4) is 0 Å². The monoisotopic (exact) mass is 245 g/mol. The van der Waals surface area contributed by atoms with Crippen molar-refractivity contribution in [2.24, 2.45) is 0 Å². The van der Waals surface area contributed by atoms with Crippen LogP contribution in [-0.4, -0.2) is 0 Å². The molecule has 1 N–H and O–H groups in total. The molecule has 0 bridgehead atoms. The van der Waals surface area contributed by atoms with Gasteiger partial charge >= 0.3 is 0 Å². The van der Waals surface area contributed by atoms with Gasteiger partial charge in [0.25, 0.3) is 0 Å². The molecule has 0 aliphatic carbocycles. The maximum Gasteiger partial charge on any atom is 0.0303 e. The van der Waals surface area contributed by atoms with E-state index in [0.29, 0.717) is 6.04 Å². The molecule has 2 heteroatoms. The zero-order chi connectivity index (χ0) is 12.3. The Labute approximate surface area is 108 Å². The fourth-order valence-corrected chi connectivity index (χ4v) is 2.65. The van der Waals surface area contributed by atoms with Gasteiger partial charge in [0, 0.05) is 12.6 Å². The summed E-state index contributed by atoms with van der Waals surface area (Å²) in [6, 6.07) is 9.23. The van der Waals surface area contributed by atoms with Gasteiger partial charge in [0.1, 0.15) is 0 Å². The first-order chi connectivity index (χ1) is 8.16. The van der Waals surface area contributed by atoms with E-state index in [0.717, 1.165) is 6.54 Å². The molecule has 90 valence electrons. The first-order valence-corrected chi connectivity index (χ1v) is 6.92. The highest BCUT2D eigenvalue weighted by Gasteiger charge is 2.06. The standard InChI is InChI=1S/C15H19NS/c1-11-4-5-12(2)15(8-11)9-16-13(3)14-6-7-17-10-14/h4-8,10,13,16H,9H2,1-3H3. The second kappa shape index (κ2) is 5.48. The van der Waals surface area contributed by atoms with E-state index in [1.807, 2.05) is 0 Å². The van der Waals surface area contributed by atoms with Gasteiger partial charge in [0.05, 0.1) is 0 Å². The molecule has 0 fully saturated rings. The SMILES string of the molecule is Cc1ccc(C)c(CNC(C)c2ccsc2)c1. The number of benzene rings is 1. The lowest BCUT2D eigenvalue weighted by molar-refractivity contribution is 0.575. The van der Waals surface area contributed by atoms with Crippen LogP contribution in [0.2, 0.25) is 0 Å². The molecule has 0 amide bonds. The van der Waals surface area contributed by atoms with Crippen LogP contribution in [-0.2, 0) is 6.54 Å². The highest BCUT2D eigenvalue weighted by atomic mass is 32.1. The Morgan fingerprint density at radius 1 is 1.24 bits per heavy atom. The van der Waals surface area contributed by atoms with Crippen molar-refractivity contribution >= 4 is 11.3 Å². The number of hydrogen-bond acceptors (Lipinski definition) is 2. The fourth-order valence-electron chi connectivity index (χ4n) is 1.89. The van der Waals surface area contributed by atoms with E-state index in [-0.39, 0.29) is 0 Å². The van der Waals surface area contributed by atoms with Crippen LogP contribution in [0.15, 0.2) is 35.0 Å². The molecule has 1 aromatic carbocycles. The van der Waals surface area contributed by atoms with E-state index in [4.69, 9.17) is 0 Å². The van der Waals surface area contributed by atoms with Gasteiger partial charge in [0.2, 0.25) is 0 Å². The molecule has 1 unspecified atom stereocenters. The molecule has 1 heterocycles. The minimum Gasteiger partial charge on any atom is -0.306 e. The lowest BCUT2D eigenvalue weighted by atomic mass is 10.0. The van der Waals surface area contributed by atoms with Crippen molar-refractivity contribution in [3.05, 3.63) is 57.3 Å². The summed E-state index contributed by atoms with van der Waals surface area (Å²) in [6.07, 6.45) is 0. The number of thiophene rings is 1. The molecule has 2 aromatic rings. The van der Waals surface area contributed by atoms with Gasteiger partial charge in [-0.2, -0.15) is 11.3 Å². The van der Waals surface area contributed by atoms with E-state index in [9.17, 15) is 0 Å². The van der Waals surface area contributed by atoms with Gasteiger partial charge in [-0.1, -0.05) is 23.8 Å². The van der Waals surface area contributed by atoms with Crippen molar-refractivity contribution in [3.63, 3.8) is 0 Å². The molecule has 0 radical (unpaired) electrons. The predicted octanol–water partition coefficient (Wildman–Crippen LogP) is 4.22. The lowest BCUT2D eigenvalue weighted by Gasteiger charge is -2.14. The Morgan fingerprint density at radius 2 is 2.06 bits per heavy atom. The minimum atomic E-state index is 0.418. The van der Waals surface area contributed by atoms with Crippen molar-refractivity contribution in [2.75, 3.05) is 0 Å². The number of hydrogen-bond donors (Lipinski definition) is 1. The zero-order valence-corrected chi connectivity index (χ0v) is 11.5. The minimum absolute atomic E-state index is 0.418. The summed E-state index contributed by atoms with van der Waals surface area (Å²) >= 11 is 1.76. The average Bonchev–Trinajstić information content (AvgIpc) is 2.83. The largest absolute Gasteiger partial charge is 0.306 e. The van der Waals surface area contributed by atoms with Gasteiger partial charge in [-0.25, -0.2) is 0 Å². The molecule has 0 saturated heterocycles. The molecule has 0 spiro atoms. The third kappa shape index (κ3) is 3.18. The predicted molar refractivity (Wildman–Crippen MR) is 75.5 cm³/mol. The Morgan fingerprint density at radius 3 is 2.76 bits per heavy atom. The normalized spacial score (nSPS) is 12.6. The van der Waals surface area contributed by atoms with Crippen LogP contribution in [0.4, 0.5) is 0 Å². The molecule has 0 aliphatic rings. The summed E-state index contributed by atoms with van der Waals surface area (Å²) in [5.74, 6) is 0. The average molecular weight is 245 g/mol. The highest BCUT2D eigenvalue weighted by molar-refractivity contribution is 7.07. The molecule has 2 rings (SSSR count). The first-order valence-electron chi connectivity index (χ1n) is 5.98. The van der Waals surface area contributed by atoms with E-state index >= 15 is 0 Å². The Balaban J connectivity index is 2.00. The maximum absolute atomic E-state index is 3.58. The molecule has 0 saturated carbocycles. The molecule has 0 aliphatic heterocycles. The second-order valence-electron chi connectivity index (χ2n) is 4.59. The van der Waals surface area contributed by atoms with E-state index in [1.54, 1.807) is 11.3 Å². The van der Waals surface area contributed by atoms with Crippen molar-refractivity contribution in [2.45, 2.75) is 33.4 Å². The van der Waals surface area contributed by atoms with Crippen LogP contribution in [0.5, 0.6) is 0 Å². The third-order valence-corrected chi connectivity index (χ3v) is 3.85. The third-order valence-electron chi connectivity index (χ3n) is 3.15. The molecule has 1 nitrogen and oxygen atoms in total. The first kappa shape index (κ1) is 12.3. The Bertz CT molecular complexity index is 474. The van der Waals surface area contributed by atoms with Crippen LogP contribution < -0.4 is 5.32 Å². The van der Waals surface area contributed by atoms with E-state index in [2.05, 4.69) is 61.1 Å². The molecule has 17 heavy (non-hydrogen) atoms. The van der Waals surface area contributed by atoms with Crippen molar-refractivity contribution in [3.8, 4) is 0 Å². The summed E-state index contributed by atoms with van der Waals surface area (Å²) in [4.78, 5) is 0. The summed E-state index contributed by atoms with van der Waals surface area (Å²) < 4.78 is 0. The van der Waals surface area contributed by atoms with Crippen molar-refractivity contribution < 1.29 is 0 Å². The van der Waals surface area contributed by atoms with Gasteiger partial charge < -0.3 is 5.32 Å². The van der Waals surface area contributed by atoms with E-state index in [1.165, 1.54) is 22.3 Å². The molecular formula is C15H19NS. The highest BCUT2D eigenvalue weighted by Crippen LogP contribution is 2.17. The van der Waals surface area contributed by atoms with Crippen molar-refractivity contribution in [1.82, 2.24) is 5.32 Å². The van der Waals surface area contributed by atoms with Crippen LogP contribution in [0.1, 0.15) is 35.2 Å². The maximum atomic E-state index is 3.58. The van der Waals surface area contributed by atoms with Gasteiger partial charge in [-0.3, -0.25) is 0 Å². The number of nitrogens with one attached hydrogen (secondary N) is 1. The summed E-state index contributed by atoms with van der Waals surface area (Å²) in [7, 11) is 0. The van der Waals surface area contributed by atoms with Crippen LogP contribution >= 0.6 is 11.3 Å². The quantitative estimate of drug-likeness (QED) is 0.850. The molecule has 1 aromatic heterocycles. The molecular weight excluding hydrogens is 226 g/mol. The van der Waals surface area contributed by atoms with Gasteiger partial charge in [-0.05, 0) is 54.3 Å². The number of rotatable bonds is 4. The lowest BCUT2D eigenvalue weighted by Crippen LogP contribution is -2.18. The van der Waals surface area contributed by atoms with E-state index < -0.39 is 0 Å². The van der Waals surface area contributed by atoms with Crippen molar-refractivity contribution in [1.29, 1.82) is 0 Å².